The van der Waals surface area contributed by atoms with Crippen molar-refractivity contribution >= 4 is 28.8 Å². The van der Waals surface area contributed by atoms with Crippen molar-refractivity contribution in [3.8, 4) is 0 Å². The fourth-order valence-electron chi connectivity index (χ4n) is 2.69. The molecular formula is C18H16N4O5. The van der Waals surface area contributed by atoms with Crippen LogP contribution in [0.4, 0.5) is 11.4 Å². The van der Waals surface area contributed by atoms with Crippen LogP contribution in [0.25, 0.3) is 5.52 Å². The Morgan fingerprint density at radius 1 is 1.30 bits per heavy atom. The van der Waals surface area contributed by atoms with E-state index in [0.717, 1.165) is 0 Å². The number of amides is 1. The van der Waals surface area contributed by atoms with Gasteiger partial charge in [0.1, 0.15) is 5.56 Å². The molecule has 0 atom stereocenters. The van der Waals surface area contributed by atoms with Crippen molar-refractivity contribution in [1.82, 2.24) is 9.61 Å². The number of nitro groups is 1. The largest absolute Gasteiger partial charge is 0.462 e. The van der Waals surface area contributed by atoms with Gasteiger partial charge in [0, 0.05) is 29.1 Å². The highest BCUT2D eigenvalue weighted by atomic mass is 16.6. The van der Waals surface area contributed by atoms with Crippen molar-refractivity contribution in [3.05, 3.63) is 69.5 Å². The minimum Gasteiger partial charge on any atom is -0.462 e. The van der Waals surface area contributed by atoms with E-state index in [0.29, 0.717) is 11.2 Å². The maximum atomic E-state index is 12.6. The standard InChI is InChI=1S/C18H16N4O5/c1-3-27-18(24)14-10-19-21-8-7-12(9-16(14)21)20-17(23)13-5-4-6-15(11(13)2)22(25)26/h4-10H,3H2,1-2H3,(H,20,23). The third kappa shape index (κ3) is 3.47. The number of aromatic nitrogens is 2. The maximum Gasteiger partial charge on any atom is 0.341 e. The second kappa shape index (κ2) is 7.24. The zero-order valence-electron chi connectivity index (χ0n) is 14.6. The summed E-state index contributed by atoms with van der Waals surface area (Å²) in [6.45, 7) is 3.46. The Labute approximate surface area is 153 Å². The summed E-state index contributed by atoms with van der Waals surface area (Å²) < 4.78 is 6.48. The van der Waals surface area contributed by atoms with Crippen LogP contribution in [-0.4, -0.2) is 33.0 Å². The van der Waals surface area contributed by atoms with E-state index in [-0.39, 0.29) is 29.0 Å². The SMILES string of the molecule is CCOC(=O)c1cnn2ccc(NC(=O)c3cccc([N+](=O)[O-])c3C)cc12. The van der Waals surface area contributed by atoms with Crippen molar-refractivity contribution < 1.29 is 19.2 Å². The molecular weight excluding hydrogens is 352 g/mol. The predicted molar refractivity (Wildman–Crippen MR) is 96.9 cm³/mol. The lowest BCUT2D eigenvalue weighted by atomic mass is 10.1. The molecule has 0 bridgehead atoms. The van der Waals surface area contributed by atoms with Gasteiger partial charge in [-0.15, -0.1) is 0 Å². The molecule has 9 heteroatoms. The van der Waals surface area contributed by atoms with Gasteiger partial charge >= 0.3 is 5.97 Å². The van der Waals surface area contributed by atoms with Gasteiger partial charge in [0.2, 0.25) is 0 Å². The molecule has 9 nitrogen and oxygen atoms in total. The Kier molecular flexibility index (Phi) is 4.84. The number of carbonyl (C=O) groups is 2. The summed E-state index contributed by atoms with van der Waals surface area (Å²) in [5, 5.41) is 17.8. The normalized spacial score (nSPS) is 10.6. The summed E-state index contributed by atoms with van der Waals surface area (Å²) in [6.07, 6.45) is 2.98. The molecule has 0 radical (unpaired) electrons. The highest BCUT2D eigenvalue weighted by Crippen LogP contribution is 2.23. The third-order valence-electron chi connectivity index (χ3n) is 4.02. The molecule has 0 spiro atoms. The summed E-state index contributed by atoms with van der Waals surface area (Å²) in [4.78, 5) is 35.1. The van der Waals surface area contributed by atoms with Gasteiger partial charge in [0.05, 0.1) is 23.2 Å². The van der Waals surface area contributed by atoms with Crippen LogP contribution in [0.1, 0.15) is 33.2 Å². The van der Waals surface area contributed by atoms with Crippen LogP contribution < -0.4 is 5.32 Å². The molecule has 2 aromatic heterocycles. The van der Waals surface area contributed by atoms with Gasteiger partial charge in [-0.1, -0.05) is 6.07 Å². The lowest BCUT2D eigenvalue weighted by Gasteiger charge is -2.09. The number of fused-ring (bicyclic) bond motifs is 1. The first-order chi connectivity index (χ1) is 12.9. The van der Waals surface area contributed by atoms with Gasteiger partial charge < -0.3 is 10.1 Å². The van der Waals surface area contributed by atoms with E-state index in [9.17, 15) is 19.7 Å². The van der Waals surface area contributed by atoms with Crippen molar-refractivity contribution in [2.75, 3.05) is 11.9 Å². The lowest BCUT2D eigenvalue weighted by molar-refractivity contribution is -0.385. The first-order valence-corrected chi connectivity index (χ1v) is 8.12. The summed E-state index contributed by atoms with van der Waals surface area (Å²) in [6, 6.07) is 7.51. The average Bonchev–Trinajstić information content (AvgIpc) is 3.05. The highest BCUT2D eigenvalue weighted by molar-refractivity contribution is 6.06. The van der Waals surface area contributed by atoms with Crippen molar-refractivity contribution in [2.24, 2.45) is 0 Å². The molecule has 2 heterocycles. The third-order valence-corrected chi connectivity index (χ3v) is 4.02. The molecule has 0 unspecified atom stereocenters. The van der Waals surface area contributed by atoms with Crippen LogP contribution in [0, 0.1) is 17.0 Å². The molecule has 0 saturated carbocycles. The molecule has 3 aromatic rings. The van der Waals surface area contributed by atoms with E-state index < -0.39 is 16.8 Å². The van der Waals surface area contributed by atoms with E-state index in [1.54, 1.807) is 25.3 Å². The molecule has 1 N–H and O–H groups in total. The molecule has 3 rings (SSSR count). The maximum absolute atomic E-state index is 12.6. The quantitative estimate of drug-likeness (QED) is 0.420. The van der Waals surface area contributed by atoms with Crippen LogP contribution >= 0.6 is 0 Å². The van der Waals surface area contributed by atoms with Gasteiger partial charge in [0.15, 0.2) is 0 Å². The molecule has 27 heavy (non-hydrogen) atoms. The minimum atomic E-state index is -0.532. The summed E-state index contributed by atoms with van der Waals surface area (Å²) in [7, 11) is 0. The monoisotopic (exact) mass is 368 g/mol. The topological polar surface area (TPSA) is 116 Å². The Morgan fingerprint density at radius 2 is 2.07 bits per heavy atom. The second-order valence-electron chi connectivity index (χ2n) is 5.68. The number of hydrogen-bond acceptors (Lipinski definition) is 6. The number of pyridine rings is 1. The number of esters is 1. The smallest absolute Gasteiger partial charge is 0.341 e. The van der Waals surface area contributed by atoms with Crippen LogP contribution in [-0.2, 0) is 4.74 Å². The number of nitrogens with zero attached hydrogens (tertiary/aromatic N) is 3. The molecule has 0 aliphatic rings. The number of nitrogens with one attached hydrogen (secondary N) is 1. The number of hydrogen-bond donors (Lipinski definition) is 1. The summed E-state index contributed by atoms with van der Waals surface area (Å²) in [5.41, 5.74) is 1.52. The molecule has 0 fully saturated rings. The number of nitro benzene ring substituents is 1. The fourth-order valence-corrected chi connectivity index (χ4v) is 2.69. The Hall–Kier alpha value is -3.75. The lowest BCUT2D eigenvalue weighted by Crippen LogP contribution is -2.14. The molecule has 138 valence electrons. The molecule has 1 amide bonds. The van der Waals surface area contributed by atoms with E-state index in [2.05, 4.69) is 10.4 Å². The first kappa shape index (κ1) is 18.1. The molecule has 0 saturated heterocycles. The van der Waals surface area contributed by atoms with Crippen LogP contribution in [0.2, 0.25) is 0 Å². The number of rotatable bonds is 5. The Balaban J connectivity index is 1.92. The molecule has 1 aromatic carbocycles. The van der Waals surface area contributed by atoms with Gasteiger partial charge in [-0.25, -0.2) is 9.31 Å². The Bertz CT molecular complexity index is 1060. The predicted octanol–water partition coefficient (Wildman–Crippen LogP) is 2.98. The minimum absolute atomic E-state index is 0.126. The number of ether oxygens (including phenoxy) is 1. The zero-order chi connectivity index (χ0) is 19.6. The van der Waals surface area contributed by atoms with Crippen molar-refractivity contribution in [3.63, 3.8) is 0 Å². The van der Waals surface area contributed by atoms with Crippen LogP contribution in [0.3, 0.4) is 0 Å². The number of carbonyl (C=O) groups excluding carboxylic acids is 2. The van der Waals surface area contributed by atoms with E-state index in [1.807, 2.05) is 0 Å². The molecule has 0 aliphatic carbocycles. The van der Waals surface area contributed by atoms with Gasteiger partial charge in [-0.2, -0.15) is 5.10 Å². The van der Waals surface area contributed by atoms with Gasteiger partial charge in [0.25, 0.3) is 11.6 Å². The summed E-state index contributed by atoms with van der Waals surface area (Å²) in [5.74, 6) is -0.997. The number of anilines is 1. The first-order valence-electron chi connectivity index (χ1n) is 8.12. The van der Waals surface area contributed by atoms with Crippen molar-refractivity contribution in [2.45, 2.75) is 13.8 Å². The van der Waals surface area contributed by atoms with Crippen LogP contribution in [0.5, 0.6) is 0 Å². The average molecular weight is 368 g/mol. The van der Waals surface area contributed by atoms with Gasteiger partial charge in [-0.05, 0) is 32.0 Å². The van der Waals surface area contributed by atoms with E-state index in [4.69, 9.17) is 4.74 Å². The highest BCUT2D eigenvalue weighted by Gasteiger charge is 2.19. The van der Waals surface area contributed by atoms with E-state index >= 15 is 0 Å². The van der Waals surface area contributed by atoms with E-state index in [1.165, 1.54) is 35.8 Å². The zero-order valence-corrected chi connectivity index (χ0v) is 14.6. The van der Waals surface area contributed by atoms with Crippen molar-refractivity contribution in [1.29, 1.82) is 0 Å². The Morgan fingerprint density at radius 3 is 2.78 bits per heavy atom. The second-order valence-corrected chi connectivity index (χ2v) is 5.68. The van der Waals surface area contributed by atoms with Gasteiger partial charge in [-0.3, -0.25) is 14.9 Å². The number of benzene rings is 1. The fraction of sp³-hybridized carbons (Fsp3) is 0.167. The summed E-state index contributed by atoms with van der Waals surface area (Å²) >= 11 is 0. The molecule has 0 aliphatic heterocycles. The van der Waals surface area contributed by atoms with Crippen LogP contribution in [0.15, 0.2) is 42.7 Å².